The number of nitrogens with zero attached hydrogens (tertiary/aromatic N) is 1. The summed E-state index contributed by atoms with van der Waals surface area (Å²) in [4.78, 5) is 4.65. The van der Waals surface area contributed by atoms with Gasteiger partial charge in [-0.3, -0.25) is 0 Å². The first kappa shape index (κ1) is 6.76. The van der Waals surface area contributed by atoms with Crippen molar-refractivity contribution in [2.24, 2.45) is 4.99 Å². The molecule has 0 aliphatic rings. The molecule has 0 bridgehead atoms. The van der Waals surface area contributed by atoms with E-state index in [2.05, 4.69) is 11.7 Å². The van der Waals surface area contributed by atoms with Crippen molar-refractivity contribution in [1.82, 2.24) is 0 Å². The summed E-state index contributed by atoms with van der Waals surface area (Å²) in [6, 6.07) is 0. The van der Waals surface area contributed by atoms with Gasteiger partial charge in [0.2, 0.25) is 0 Å². The maximum Gasteiger partial charge on any atom is 0.0427 e. The molecule has 0 saturated carbocycles. The Morgan fingerprint density at radius 1 is 1.86 bits per heavy atom. The predicted molar refractivity (Wildman–Crippen MR) is 37.3 cm³/mol. The Morgan fingerprint density at radius 3 is 2.57 bits per heavy atom. The van der Waals surface area contributed by atoms with Crippen molar-refractivity contribution in [3.63, 3.8) is 0 Å². The average molecular weight is 115 g/mol. The lowest BCUT2D eigenvalue weighted by Gasteiger charge is -1.86. The Morgan fingerprint density at radius 2 is 2.43 bits per heavy atom. The summed E-state index contributed by atoms with van der Waals surface area (Å²) >= 11 is 4.77. The lowest BCUT2D eigenvalue weighted by Crippen LogP contribution is -1.87. The van der Waals surface area contributed by atoms with Gasteiger partial charge >= 0.3 is 0 Å². The van der Waals surface area contributed by atoms with Gasteiger partial charge in [0.15, 0.2) is 0 Å². The molecule has 0 aromatic rings. The minimum atomic E-state index is 0.773. The van der Waals surface area contributed by atoms with Crippen LogP contribution >= 0.6 is 12.2 Å². The summed E-state index contributed by atoms with van der Waals surface area (Å²) in [7, 11) is 0. The largest absolute Gasteiger partial charge is 0.301 e. The third-order valence-electron chi connectivity index (χ3n) is 0.622. The van der Waals surface area contributed by atoms with Gasteiger partial charge in [-0.2, -0.15) is 0 Å². The van der Waals surface area contributed by atoms with Crippen molar-refractivity contribution < 1.29 is 0 Å². The molecule has 0 atom stereocenters. The quantitative estimate of drug-likeness (QED) is 0.401. The fraction of sp³-hybridized carbons (Fsp3) is 0.600. The maximum atomic E-state index is 4.77. The first-order chi connectivity index (χ1) is 3.27. The fourth-order valence-corrected chi connectivity index (χ4v) is 0.328. The van der Waals surface area contributed by atoms with Gasteiger partial charge in [-0.1, -0.05) is 12.2 Å². The molecule has 0 N–H and O–H groups in total. The molecular formula is C5H9NS. The van der Waals surface area contributed by atoms with E-state index in [-0.39, 0.29) is 0 Å². The molecule has 0 rings (SSSR count). The number of thiocarbonyl (C=S) groups is 1. The number of rotatable bonds is 3. The van der Waals surface area contributed by atoms with Gasteiger partial charge in [-0.25, -0.2) is 0 Å². The van der Waals surface area contributed by atoms with Crippen LogP contribution in [0, 0.1) is 0 Å². The van der Waals surface area contributed by atoms with E-state index in [4.69, 9.17) is 12.2 Å². The van der Waals surface area contributed by atoms with Crippen LogP contribution in [0.15, 0.2) is 4.99 Å². The molecule has 7 heavy (non-hydrogen) atoms. The lowest BCUT2D eigenvalue weighted by molar-refractivity contribution is 1.06. The van der Waals surface area contributed by atoms with E-state index in [0.717, 1.165) is 17.8 Å². The van der Waals surface area contributed by atoms with Crippen LogP contribution in [0.1, 0.15) is 13.3 Å². The van der Waals surface area contributed by atoms with Crippen LogP contribution in [0.25, 0.3) is 0 Å². The van der Waals surface area contributed by atoms with Gasteiger partial charge in [-0.15, -0.1) is 0 Å². The van der Waals surface area contributed by atoms with E-state index in [1.807, 2.05) is 6.92 Å². The molecule has 2 heteroatoms. The van der Waals surface area contributed by atoms with E-state index in [1.54, 1.807) is 0 Å². The Hall–Kier alpha value is -0.240. The average Bonchev–Trinajstić information content (AvgIpc) is 1.61. The van der Waals surface area contributed by atoms with Gasteiger partial charge in [0.05, 0.1) is 0 Å². The van der Waals surface area contributed by atoms with Gasteiger partial charge in [0.1, 0.15) is 0 Å². The zero-order chi connectivity index (χ0) is 5.70. The van der Waals surface area contributed by atoms with E-state index < -0.39 is 0 Å². The molecular weight excluding hydrogens is 106 g/mol. The van der Waals surface area contributed by atoms with Crippen molar-refractivity contribution in [3.05, 3.63) is 0 Å². The maximum absolute atomic E-state index is 4.77. The second-order valence-electron chi connectivity index (χ2n) is 1.40. The predicted octanol–water partition coefficient (Wildman–Crippen LogP) is 1.47. The second kappa shape index (κ2) is 3.93. The molecule has 0 spiro atoms. The molecule has 0 fully saturated rings. The van der Waals surface area contributed by atoms with Gasteiger partial charge in [-0.05, 0) is 24.9 Å². The summed E-state index contributed by atoms with van der Waals surface area (Å²) in [6.45, 7) is 6.01. The van der Waals surface area contributed by atoms with E-state index in [1.165, 1.54) is 0 Å². The molecule has 0 aromatic carbocycles. The summed E-state index contributed by atoms with van der Waals surface area (Å²) in [6.07, 6.45) is 0.902. The Balaban J connectivity index is 2.97. The van der Waals surface area contributed by atoms with Gasteiger partial charge in [0.25, 0.3) is 0 Å². The highest BCUT2D eigenvalue weighted by molar-refractivity contribution is 7.80. The number of hydrogen-bond donors (Lipinski definition) is 0. The lowest BCUT2D eigenvalue weighted by atomic mass is 10.3. The monoisotopic (exact) mass is 115 g/mol. The van der Waals surface area contributed by atoms with E-state index >= 15 is 0 Å². The summed E-state index contributed by atoms with van der Waals surface area (Å²) < 4.78 is 0. The minimum absolute atomic E-state index is 0.773. The van der Waals surface area contributed by atoms with Gasteiger partial charge < -0.3 is 4.99 Å². The smallest absolute Gasteiger partial charge is 0.0427 e. The molecule has 1 nitrogen and oxygen atoms in total. The molecule has 0 aliphatic carbocycles. The Kier molecular flexibility index (Phi) is 3.80. The highest BCUT2D eigenvalue weighted by Crippen LogP contribution is 1.83. The van der Waals surface area contributed by atoms with Crippen molar-refractivity contribution in [2.75, 3.05) is 6.54 Å². The molecule has 0 unspecified atom stereocenters. The van der Waals surface area contributed by atoms with Crippen molar-refractivity contribution >= 4 is 23.8 Å². The second-order valence-corrected chi connectivity index (χ2v) is 2.10. The van der Waals surface area contributed by atoms with Crippen LogP contribution in [0.5, 0.6) is 0 Å². The van der Waals surface area contributed by atoms with Crippen molar-refractivity contribution in [3.8, 4) is 0 Å². The van der Waals surface area contributed by atoms with Crippen LogP contribution in [0.2, 0.25) is 0 Å². The van der Waals surface area contributed by atoms with E-state index in [0.29, 0.717) is 0 Å². The molecule has 0 aromatic heterocycles. The molecule has 0 amide bonds. The van der Waals surface area contributed by atoms with Crippen LogP contribution in [0.3, 0.4) is 0 Å². The normalized spacial score (nSPS) is 8.14. The van der Waals surface area contributed by atoms with Gasteiger partial charge in [0, 0.05) is 6.54 Å². The molecule has 40 valence electrons. The molecule has 0 radical (unpaired) electrons. The number of hydrogen-bond acceptors (Lipinski definition) is 2. The first-order valence-corrected chi connectivity index (χ1v) is 2.60. The highest BCUT2D eigenvalue weighted by atomic mass is 32.1. The summed E-state index contributed by atoms with van der Waals surface area (Å²) in [5, 5.41) is 0. The molecule has 0 aliphatic heterocycles. The van der Waals surface area contributed by atoms with Crippen LogP contribution < -0.4 is 0 Å². The Bertz CT molecular complexity index is 78.1. The third kappa shape index (κ3) is 5.76. The molecule has 0 saturated heterocycles. The fourth-order valence-electron chi connectivity index (χ4n) is 0.237. The van der Waals surface area contributed by atoms with Crippen molar-refractivity contribution in [2.45, 2.75) is 13.3 Å². The van der Waals surface area contributed by atoms with E-state index in [9.17, 15) is 0 Å². The SMILES string of the molecule is C=NCCC(C)=S. The zero-order valence-electron chi connectivity index (χ0n) is 4.48. The standard InChI is InChI=1S/C5H9NS/c1-5(7)3-4-6-2/h2-4H2,1H3. The Labute approximate surface area is 49.5 Å². The zero-order valence-corrected chi connectivity index (χ0v) is 5.29. The molecule has 0 heterocycles. The summed E-state index contributed by atoms with van der Waals surface area (Å²) in [5.41, 5.74) is 0. The topological polar surface area (TPSA) is 12.4 Å². The van der Waals surface area contributed by atoms with Crippen LogP contribution in [0.4, 0.5) is 0 Å². The highest BCUT2D eigenvalue weighted by Gasteiger charge is 1.81. The van der Waals surface area contributed by atoms with Crippen molar-refractivity contribution in [1.29, 1.82) is 0 Å². The third-order valence-corrected chi connectivity index (χ3v) is 0.826. The first-order valence-electron chi connectivity index (χ1n) is 2.19. The minimum Gasteiger partial charge on any atom is -0.301 e. The van der Waals surface area contributed by atoms with Crippen LogP contribution in [-0.4, -0.2) is 18.1 Å². The number of aliphatic imine (C=N–C) groups is 1. The van der Waals surface area contributed by atoms with Crippen LogP contribution in [-0.2, 0) is 0 Å². The summed E-state index contributed by atoms with van der Waals surface area (Å²) in [5.74, 6) is 0.